The Hall–Kier alpha value is -2.92. The second kappa shape index (κ2) is 8.31. The summed E-state index contributed by atoms with van der Waals surface area (Å²) in [6.45, 7) is 0. The van der Waals surface area contributed by atoms with Crippen molar-refractivity contribution in [1.82, 2.24) is 0 Å². The standard InChI is InChI=1S/C26H22BrNO3/c27-19-7-11-21(12-8-19)31-22-13-9-20(10-14-22)28-25(29)23-15-6-18(16-24(23)26(28)30)17-4-2-1-3-5-17/h1-5,7-14,18,23-24H,6,15-16H2. The van der Waals surface area contributed by atoms with E-state index in [1.54, 1.807) is 24.3 Å². The minimum Gasteiger partial charge on any atom is -0.457 e. The van der Waals surface area contributed by atoms with E-state index in [1.807, 2.05) is 42.5 Å². The highest BCUT2D eigenvalue weighted by atomic mass is 79.9. The van der Waals surface area contributed by atoms with Gasteiger partial charge in [-0.15, -0.1) is 0 Å². The van der Waals surface area contributed by atoms with Gasteiger partial charge >= 0.3 is 0 Å². The Morgan fingerprint density at radius 1 is 0.742 bits per heavy atom. The molecule has 1 saturated heterocycles. The number of rotatable bonds is 4. The normalized spacial score (nSPS) is 23.0. The van der Waals surface area contributed by atoms with Crippen LogP contribution in [0.15, 0.2) is 83.3 Å². The number of ether oxygens (including phenoxy) is 1. The summed E-state index contributed by atoms with van der Waals surface area (Å²) in [6.07, 6.45) is 2.44. The van der Waals surface area contributed by atoms with E-state index in [2.05, 4.69) is 28.1 Å². The number of fused-ring (bicyclic) bond motifs is 1. The first-order chi connectivity index (χ1) is 15.1. The van der Waals surface area contributed by atoms with Crippen LogP contribution in [0.4, 0.5) is 5.69 Å². The number of hydrogen-bond acceptors (Lipinski definition) is 3. The summed E-state index contributed by atoms with van der Waals surface area (Å²) in [5.41, 5.74) is 1.87. The van der Waals surface area contributed by atoms with Crippen molar-refractivity contribution in [2.45, 2.75) is 25.2 Å². The Bertz CT molecular complexity index is 1100. The molecule has 1 aliphatic carbocycles. The van der Waals surface area contributed by atoms with E-state index in [-0.39, 0.29) is 23.7 Å². The quantitative estimate of drug-likeness (QED) is 0.415. The molecule has 2 amide bonds. The molecular weight excluding hydrogens is 454 g/mol. The van der Waals surface area contributed by atoms with E-state index in [4.69, 9.17) is 4.74 Å². The van der Waals surface area contributed by atoms with E-state index in [0.29, 0.717) is 17.4 Å². The predicted octanol–water partition coefficient (Wildman–Crippen LogP) is 6.31. The highest BCUT2D eigenvalue weighted by Gasteiger charge is 2.50. The molecule has 0 N–H and O–H groups in total. The molecular formula is C26H22BrNO3. The van der Waals surface area contributed by atoms with Crippen LogP contribution in [0.3, 0.4) is 0 Å². The molecule has 5 heteroatoms. The molecule has 1 heterocycles. The van der Waals surface area contributed by atoms with E-state index in [1.165, 1.54) is 10.5 Å². The fourth-order valence-electron chi connectivity index (χ4n) is 4.76. The fraction of sp³-hybridized carbons (Fsp3) is 0.231. The SMILES string of the molecule is O=C1C2CCC(c3ccccc3)CC2C(=O)N1c1ccc(Oc2ccc(Br)cc2)cc1. The van der Waals surface area contributed by atoms with Crippen LogP contribution in [0, 0.1) is 11.8 Å². The summed E-state index contributed by atoms with van der Waals surface area (Å²) in [5.74, 6) is 1.14. The third kappa shape index (κ3) is 3.90. The van der Waals surface area contributed by atoms with Crippen LogP contribution in [-0.2, 0) is 9.59 Å². The minimum atomic E-state index is -0.231. The summed E-state index contributed by atoms with van der Waals surface area (Å²) in [6, 6.07) is 25.1. The van der Waals surface area contributed by atoms with Gasteiger partial charge in [0.25, 0.3) is 0 Å². The van der Waals surface area contributed by atoms with Gasteiger partial charge in [-0.05, 0) is 79.3 Å². The van der Waals surface area contributed by atoms with Gasteiger partial charge < -0.3 is 4.74 Å². The minimum absolute atomic E-state index is 0.0666. The molecule has 3 atom stereocenters. The zero-order chi connectivity index (χ0) is 21.4. The van der Waals surface area contributed by atoms with E-state index in [0.717, 1.165) is 29.5 Å². The van der Waals surface area contributed by atoms with E-state index >= 15 is 0 Å². The zero-order valence-corrected chi connectivity index (χ0v) is 18.5. The van der Waals surface area contributed by atoms with Crippen LogP contribution >= 0.6 is 15.9 Å². The number of halogens is 1. The molecule has 0 spiro atoms. The summed E-state index contributed by atoms with van der Waals surface area (Å²) in [5, 5.41) is 0. The molecule has 5 rings (SSSR count). The molecule has 0 aromatic heterocycles. The van der Waals surface area contributed by atoms with Crippen LogP contribution < -0.4 is 9.64 Å². The molecule has 31 heavy (non-hydrogen) atoms. The Kier molecular flexibility index (Phi) is 5.36. The Labute approximate surface area is 190 Å². The fourth-order valence-corrected chi connectivity index (χ4v) is 5.03. The van der Waals surface area contributed by atoms with Crippen molar-refractivity contribution in [3.05, 3.63) is 88.9 Å². The number of anilines is 1. The smallest absolute Gasteiger partial charge is 0.237 e. The maximum atomic E-state index is 13.2. The van der Waals surface area contributed by atoms with Crippen molar-refractivity contribution in [2.24, 2.45) is 11.8 Å². The number of carbonyl (C=O) groups excluding carboxylic acids is 2. The first-order valence-corrected chi connectivity index (χ1v) is 11.4. The molecule has 1 saturated carbocycles. The number of carbonyl (C=O) groups is 2. The number of imide groups is 1. The Balaban J connectivity index is 1.32. The summed E-state index contributed by atoms with van der Waals surface area (Å²) >= 11 is 3.41. The zero-order valence-electron chi connectivity index (χ0n) is 16.9. The lowest BCUT2D eigenvalue weighted by Crippen LogP contribution is -2.30. The molecule has 3 aromatic rings. The Morgan fingerprint density at radius 3 is 2.03 bits per heavy atom. The number of nitrogens with zero attached hydrogens (tertiary/aromatic N) is 1. The van der Waals surface area contributed by atoms with Crippen LogP contribution in [0.1, 0.15) is 30.7 Å². The van der Waals surface area contributed by atoms with Crippen LogP contribution in [0.2, 0.25) is 0 Å². The number of benzene rings is 3. The monoisotopic (exact) mass is 475 g/mol. The lowest BCUT2D eigenvalue weighted by molar-refractivity contribution is -0.122. The topological polar surface area (TPSA) is 46.6 Å². The third-order valence-electron chi connectivity index (χ3n) is 6.34. The van der Waals surface area contributed by atoms with Gasteiger partial charge in [-0.1, -0.05) is 46.3 Å². The van der Waals surface area contributed by atoms with E-state index < -0.39 is 0 Å². The largest absolute Gasteiger partial charge is 0.457 e. The second-order valence-corrected chi connectivity index (χ2v) is 9.11. The van der Waals surface area contributed by atoms with Crippen LogP contribution in [0.25, 0.3) is 0 Å². The average molecular weight is 476 g/mol. The summed E-state index contributed by atoms with van der Waals surface area (Å²) in [7, 11) is 0. The van der Waals surface area contributed by atoms with Gasteiger partial charge in [-0.25, -0.2) is 0 Å². The molecule has 0 bridgehead atoms. The first kappa shape index (κ1) is 20.0. The predicted molar refractivity (Wildman–Crippen MR) is 123 cm³/mol. The van der Waals surface area contributed by atoms with Gasteiger partial charge in [0, 0.05) is 4.47 Å². The average Bonchev–Trinajstić information content (AvgIpc) is 3.06. The highest BCUT2D eigenvalue weighted by Crippen LogP contribution is 2.45. The van der Waals surface area contributed by atoms with Gasteiger partial charge in [0.2, 0.25) is 11.8 Å². The molecule has 1 aliphatic heterocycles. The molecule has 4 nitrogen and oxygen atoms in total. The Morgan fingerprint density at radius 2 is 1.35 bits per heavy atom. The van der Waals surface area contributed by atoms with Crippen molar-refractivity contribution in [1.29, 1.82) is 0 Å². The maximum Gasteiger partial charge on any atom is 0.237 e. The third-order valence-corrected chi connectivity index (χ3v) is 6.87. The first-order valence-electron chi connectivity index (χ1n) is 10.6. The number of hydrogen-bond donors (Lipinski definition) is 0. The van der Waals surface area contributed by atoms with Gasteiger partial charge in [-0.2, -0.15) is 0 Å². The van der Waals surface area contributed by atoms with Crippen molar-refractivity contribution in [2.75, 3.05) is 4.90 Å². The molecule has 0 radical (unpaired) electrons. The second-order valence-electron chi connectivity index (χ2n) is 8.20. The van der Waals surface area contributed by atoms with Crippen molar-refractivity contribution in [3.8, 4) is 11.5 Å². The van der Waals surface area contributed by atoms with Gasteiger partial charge in [0.15, 0.2) is 0 Å². The van der Waals surface area contributed by atoms with Gasteiger partial charge in [0.05, 0.1) is 17.5 Å². The van der Waals surface area contributed by atoms with E-state index in [9.17, 15) is 9.59 Å². The summed E-state index contributed by atoms with van der Waals surface area (Å²) < 4.78 is 6.84. The van der Waals surface area contributed by atoms with Crippen LogP contribution in [0.5, 0.6) is 11.5 Å². The maximum absolute atomic E-state index is 13.2. The van der Waals surface area contributed by atoms with Crippen LogP contribution in [-0.4, -0.2) is 11.8 Å². The molecule has 2 fully saturated rings. The molecule has 156 valence electrons. The van der Waals surface area contributed by atoms with Crippen molar-refractivity contribution in [3.63, 3.8) is 0 Å². The molecule has 3 aromatic carbocycles. The molecule has 2 aliphatic rings. The summed E-state index contributed by atoms with van der Waals surface area (Å²) in [4.78, 5) is 27.7. The lowest BCUT2D eigenvalue weighted by Gasteiger charge is -2.28. The van der Waals surface area contributed by atoms with Gasteiger partial charge in [0.1, 0.15) is 11.5 Å². The van der Waals surface area contributed by atoms with Gasteiger partial charge in [-0.3, -0.25) is 14.5 Å². The van der Waals surface area contributed by atoms with Crippen molar-refractivity contribution >= 4 is 33.4 Å². The molecule has 3 unspecified atom stereocenters. The van der Waals surface area contributed by atoms with Crippen molar-refractivity contribution < 1.29 is 14.3 Å². The lowest BCUT2D eigenvalue weighted by atomic mass is 9.73. The highest BCUT2D eigenvalue weighted by molar-refractivity contribution is 9.10. The number of amides is 2.